The van der Waals surface area contributed by atoms with Crippen LogP contribution < -0.4 is 10.6 Å². The fourth-order valence-electron chi connectivity index (χ4n) is 2.90. The van der Waals surface area contributed by atoms with Crippen molar-refractivity contribution in [2.75, 3.05) is 43.4 Å². The van der Waals surface area contributed by atoms with Gasteiger partial charge in [0.2, 0.25) is 5.91 Å². The van der Waals surface area contributed by atoms with Crippen LogP contribution in [0.15, 0.2) is 18.3 Å². The summed E-state index contributed by atoms with van der Waals surface area (Å²) in [5, 5.41) is 0. The first kappa shape index (κ1) is 14.1. The second kappa shape index (κ2) is 6.30. The molecule has 2 N–H and O–H groups in total. The minimum atomic E-state index is 0.134. The lowest BCUT2D eigenvalue weighted by Gasteiger charge is -2.35. The predicted molar refractivity (Wildman–Crippen MR) is 81.0 cm³/mol. The van der Waals surface area contributed by atoms with Gasteiger partial charge in [-0.2, -0.15) is 0 Å². The molecule has 1 unspecified atom stereocenters. The van der Waals surface area contributed by atoms with Crippen LogP contribution in [-0.2, 0) is 9.53 Å². The molecule has 0 spiro atoms. The molecular formula is C15H22N4O2. The Hall–Kier alpha value is -1.82. The van der Waals surface area contributed by atoms with Crippen molar-refractivity contribution in [3.63, 3.8) is 0 Å². The van der Waals surface area contributed by atoms with Gasteiger partial charge < -0.3 is 20.3 Å². The van der Waals surface area contributed by atoms with Crippen molar-refractivity contribution >= 4 is 17.4 Å². The van der Waals surface area contributed by atoms with E-state index < -0.39 is 0 Å². The van der Waals surface area contributed by atoms with Crippen molar-refractivity contribution in [1.82, 2.24) is 9.88 Å². The van der Waals surface area contributed by atoms with E-state index in [0.29, 0.717) is 12.1 Å². The van der Waals surface area contributed by atoms with Gasteiger partial charge in [0.05, 0.1) is 24.4 Å². The van der Waals surface area contributed by atoms with Gasteiger partial charge in [-0.05, 0) is 25.0 Å². The molecule has 6 heteroatoms. The number of nitrogens with two attached hydrogens (primary N) is 1. The number of aromatic nitrogens is 1. The van der Waals surface area contributed by atoms with Crippen LogP contribution in [0.1, 0.15) is 19.3 Å². The number of piperazine rings is 1. The van der Waals surface area contributed by atoms with Crippen LogP contribution in [0.3, 0.4) is 0 Å². The molecular weight excluding hydrogens is 268 g/mol. The third-order valence-electron chi connectivity index (χ3n) is 4.15. The number of hydrogen-bond acceptors (Lipinski definition) is 5. The number of ether oxygens (including phenoxy) is 1. The lowest BCUT2D eigenvalue weighted by molar-refractivity contribution is -0.133. The lowest BCUT2D eigenvalue weighted by Crippen LogP contribution is -2.49. The van der Waals surface area contributed by atoms with Crippen molar-refractivity contribution in [2.24, 2.45) is 0 Å². The summed E-state index contributed by atoms with van der Waals surface area (Å²) in [6.07, 6.45) is 4.43. The van der Waals surface area contributed by atoms with E-state index in [1.54, 1.807) is 6.20 Å². The molecule has 0 saturated carbocycles. The van der Waals surface area contributed by atoms with Crippen LogP contribution in [0, 0.1) is 0 Å². The van der Waals surface area contributed by atoms with Crippen LogP contribution in [0.4, 0.5) is 11.5 Å². The summed E-state index contributed by atoms with van der Waals surface area (Å²) >= 11 is 0. The van der Waals surface area contributed by atoms with Crippen molar-refractivity contribution in [1.29, 1.82) is 0 Å². The molecule has 2 aliphatic rings. The lowest BCUT2D eigenvalue weighted by atomic mass is 10.1. The third-order valence-corrected chi connectivity index (χ3v) is 4.15. The van der Waals surface area contributed by atoms with Crippen molar-refractivity contribution in [3.8, 4) is 0 Å². The highest BCUT2D eigenvalue weighted by Crippen LogP contribution is 2.18. The summed E-state index contributed by atoms with van der Waals surface area (Å²) in [6, 6.07) is 3.79. The van der Waals surface area contributed by atoms with E-state index in [-0.39, 0.29) is 12.0 Å². The molecule has 0 aromatic carbocycles. The Morgan fingerprint density at radius 2 is 2.14 bits per heavy atom. The van der Waals surface area contributed by atoms with Gasteiger partial charge in [0.1, 0.15) is 5.82 Å². The maximum atomic E-state index is 12.2. The zero-order chi connectivity index (χ0) is 14.7. The highest BCUT2D eigenvalue weighted by Gasteiger charge is 2.25. The first-order chi connectivity index (χ1) is 10.2. The number of carbonyl (C=O) groups is 1. The van der Waals surface area contributed by atoms with Gasteiger partial charge in [0, 0.05) is 32.8 Å². The Bertz CT molecular complexity index is 477. The number of amides is 1. The molecule has 0 radical (unpaired) electrons. The fraction of sp³-hybridized carbons (Fsp3) is 0.600. The monoisotopic (exact) mass is 290 g/mol. The molecule has 6 nitrogen and oxygen atoms in total. The molecule has 1 aromatic heterocycles. The van der Waals surface area contributed by atoms with Crippen LogP contribution >= 0.6 is 0 Å². The maximum absolute atomic E-state index is 12.2. The highest BCUT2D eigenvalue weighted by atomic mass is 16.5. The second-order valence-corrected chi connectivity index (χ2v) is 5.66. The Morgan fingerprint density at radius 3 is 2.76 bits per heavy atom. The van der Waals surface area contributed by atoms with Gasteiger partial charge in [-0.1, -0.05) is 0 Å². The van der Waals surface area contributed by atoms with E-state index in [0.717, 1.165) is 51.4 Å². The number of pyridine rings is 1. The molecule has 3 heterocycles. The first-order valence-electron chi connectivity index (χ1n) is 7.58. The number of nitrogen functional groups attached to an aromatic ring is 1. The first-order valence-corrected chi connectivity index (χ1v) is 7.58. The number of hydrogen-bond donors (Lipinski definition) is 1. The van der Waals surface area contributed by atoms with Gasteiger partial charge in [-0.25, -0.2) is 4.98 Å². The number of carbonyl (C=O) groups excluding carboxylic acids is 1. The summed E-state index contributed by atoms with van der Waals surface area (Å²) in [7, 11) is 0. The Kier molecular flexibility index (Phi) is 4.24. The quantitative estimate of drug-likeness (QED) is 0.895. The van der Waals surface area contributed by atoms with Crippen LogP contribution in [0.5, 0.6) is 0 Å². The molecule has 114 valence electrons. The minimum Gasteiger partial charge on any atom is -0.397 e. The second-order valence-electron chi connectivity index (χ2n) is 5.66. The summed E-state index contributed by atoms with van der Waals surface area (Å²) in [5.74, 6) is 1.14. The molecule has 0 aliphatic carbocycles. The molecule has 21 heavy (non-hydrogen) atoms. The van der Waals surface area contributed by atoms with Crippen molar-refractivity contribution in [2.45, 2.75) is 25.4 Å². The van der Waals surface area contributed by atoms with Gasteiger partial charge >= 0.3 is 0 Å². The SMILES string of the molecule is Nc1ccc(N2CCN(C(=O)CC3CCCO3)CC2)nc1. The van der Waals surface area contributed by atoms with Gasteiger partial charge in [-0.15, -0.1) is 0 Å². The topological polar surface area (TPSA) is 71.7 Å². The molecule has 1 aromatic rings. The Labute approximate surface area is 124 Å². The molecule has 2 fully saturated rings. The standard InChI is InChI=1S/C15H22N4O2/c16-12-3-4-14(17-11-12)18-5-7-19(8-6-18)15(20)10-13-2-1-9-21-13/h3-4,11,13H,1-2,5-10,16H2. The van der Waals surface area contributed by atoms with Gasteiger partial charge in [0.25, 0.3) is 0 Å². The highest BCUT2D eigenvalue weighted by molar-refractivity contribution is 5.77. The molecule has 3 rings (SSSR count). The summed E-state index contributed by atoms with van der Waals surface area (Å²) < 4.78 is 5.54. The Balaban J connectivity index is 1.50. The van der Waals surface area contributed by atoms with E-state index in [1.807, 2.05) is 17.0 Å². The Morgan fingerprint density at radius 1 is 1.33 bits per heavy atom. The fourth-order valence-corrected chi connectivity index (χ4v) is 2.90. The largest absolute Gasteiger partial charge is 0.397 e. The molecule has 1 atom stereocenters. The van der Waals surface area contributed by atoms with Crippen molar-refractivity contribution < 1.29 is 9.53 Å². The predicted octanol–water partition coefficient (Wildman–Crippen LogP) is 0.881. The van der Waals surface area contributed by atoms with E-state index >= 15 is 0 Å². The maximum Gasteiger partial charge on any atom is 0.225 e. The molecule has 2 saturated heterocycles. The average molecular weight is 290 g/mol. The minimum absolute atomic E-state index is 0.134. The van der Waals surface area contributed by atoms with Crippen LogP contribution in [0.2, 0.25) is 0 Å². The third kappa shape index (κ3) is 3.44. The van der Waals surface area contributed by atoms with Gasteiger partial charge in [0.15, 0.2) is 0 Å². The summed E-state index contributed by atoms with van der Waals surface area (Å²) in [6.45, 7) is 3.92. The van der Waals surface area contributed by atoms with E-state index in [2.05, 4.69) is 9.88 Å². The number of nitrogens with zero attached hydrogens (tertiary/aromatic N) is 3. The average Bonchev–Trinajstić information content (AvgIpc) is 3.01. The number of rotatable bonds is 3. The number of anilines is 2. The zero-order valence-electron chi connectivity index (χ0n) is 12.2. The van der Waals surface area contributed by atoms with Crippen molar-refractivity contribution in [3.05, 3.63) is 18.3 Å². The molecule has 0 bridgehead atoms. The molecule has 1 amide bonds. The van der Waals surface area contributed by atoms with E-state index in [4.69, 9.17) is 10.5 Å². The molecule has 2 aliphatic heterocycles. The van der Waals surface area contributed by atoms with Crippen LogP contribution in [0.25, 0.3) is 0 Å². The van der Waals surface area contributed by atoms with E-state index in [9.17, 15) is 4.79 Å². The smallest absolute Gasteiger partial charge is 0.225 e. The normalized spacial score (nSPS) is 22.6. The van der Waals surface area contributed by atoms with E-state index in [1.165, 1.54) is 0 Å². The summed E-state index contributed by atoms with van der Waals surface area (Å²) in [4.78, 5) is 20.7. The van der Waals surface area contributed by atoms with Crippen LogP contribution in [-0.4, -0.2) is 54.7 Å². The summed E-state index contributed by atoms with van der Waals surface area (Å²) in [5.41, 5.74) is 6.32. The zero-order valence-corrected chi connectivity index (χ0v) is 12.2. The van der Waals surface area contributed by atoms with Gasteiger partial charge in [-0.3, -0.25) is 4.79 Å².